The zero-order valence-corrected chi connectivity index (χ0v) is 19.8. The summed E-state index contributed by atoms with van der Waals surface area (Å²) in [7, 11) is 1.60. The van der Waals surface area contributed by atoms with Gasteiger partial charge < -0.3 is 23.8 Å². The van der Waals surface area contributed by atoms with E-state index in [-0.39, 0.29) is 5.91 Å². The summed E-state index contributed by atoms with van der Waals surface area (Å²) in [5.74, 6) is 1.82. The van der Waals surface area contributed by atoms with E-state index >= 15 is 0 Å². The van der Waals surface area contributed by atoms with Crippen LogP contribution in [0.1, 0.15) is 34.3 Å². The van der Waals surface area contributed by atoms with Crippen molar-refractivity contribution in [1.82, 2.24) is 10.1 Å². The van der Waals surface area contributed by atoms with Gasteiger partial charge in [0.2, 0.25) is 5.88 Å². The van der Waals surface area contributed by atoms with Crippen LogP contribution in [0.4, 0.5) is 5.88 Å². The van der Waals surface area contributed by atoms with Gasteiger partial charge in [-0.3, -0.25) is 4.79 Å². The number of aromatic nitrogens is 1. The molecular weight excluding hydrogens is 430 g/mol. The van der Waals surface area contributed by atoms with Gasteiger partial charge in [0.05, 0.1) is 38.0 Å². The van der Waals surface area contributed by atoms with Crippen LogP contribution in [0.2, 0.25) is 0 Å². The number of rotatable bonds is 8. The first-order chi connectivity index (χ1) is 16.6. The Bertz CT molecular complexity index is 1150. The molecule has 1 aliphatic carbocycles. The minimum Gasteiger partial charge on any atom is -0.496 e. The average molecular weight is 462 g/mol. The van der Waals surface area contributed by atoms with Gasteiger partial charge in [-0.25, -0.2) is 0 Å². The number of morpholine rings is 1. The van der Waals surface area contributed by atoms with Crippen LogP contribution < -0.4 is 9.64 Å². The van der Waals surface area contributed by atoms with Crippen molar-refractivity contribution in [2.24, 2.45) is 5.92 Å². The van der Waals surface area contributed by atoms with Crippen molar-refractivity contribution in [2.45, 2.75) is 26.3 Å². The Morgan fingerprint density at radius 2 is 1.94 bits per heavy atom. The molecule has 1 saturated heterocycles. The Kier molecular flexibility index (Phi) is 6.54. The number of para-hydroxylation sites is 1. The fraction of sp³-hybridized carbons (Fsp3) is 0.407. The fourth-order valence-electron chi connectivity index (χ4n) is 4.49. The molecule has 1 aromatic heterocycles. The number of hydrogen-bond acceptors (Lipinski definition) is 6. The quantitative estimate of drug-likeness (QED) is 0.490. The number of methoxy groups -OCH3 is 1. The third kappa shape index (κ3) is 4.80. The lowest BCUT2D eigenvalue weighted by Crippen LogP contribution is -2.37. The van der Waals surface area contributed by atoms with Crippen molar-refractivity contribution in [3.05, 3.63) is 65.2 Å². The highest BCUT2D eigenvalue weighted by atomic mass is 16.5. The Morgan fingerprint density at radius 3 is 2.68 bits per heavy atom. The predicted octanol–water partition coefficient (Wildman–Crippen LogP) is 4.55. The third-order valence-corrected chi connectivity index (χ3v) is 6.51. The molecule has 7 nitrogen and oxygen atoms in total. The molecule has 0 radical (unpaired) electrons. The number of carbonyl (C=O) groups excluding carboxylic acids is 1. The van der Waals surface area contributed by atoms with Crippen molar-refractivity contribution in [1.29, 1.82) is 0 Å². The fourth-order valence-corrected chi connectivity index (χ4v) is 4.49. The molecule has 0 spiro atoms. The van der Waals surface area contributed by atoms with E-state index < -0.39 is 0 Å². The maximum Gasteiger partial charge on any atom is 0.257 e. The number of ether oxygens (including phenoxy) is 2. The number of benzene rings is 2. The SMILES string of the molecule is COc1ccccc1C(=O)N(Cc1c(-c2cccc(C)c2)noc1N1CCOCC1)CC1CC1. The van der Waals surface area contributed by atoms with E-state index in [1.54, 1.807) is 7.11 Å². The average Bonchev–Trinajstić information content (AvgIpc) is 3.60. The summed E-state index contributed by atoms with van der Waals surface area (Å²) in [5.41, 5.74) is 4.45. The topological polar surface area (TPSA) is 68.0 Å². The molecule has 2 aromatic carbocycles. The molecule has 7 heteroatoms. The minimum absolute atomic E-state index is 0.0336. The summed E-state index contributed by atoms with van der Waals surface area (Å²) in [4.78, 5) is 17.9. The zero-order valence-electron chi connectivity index (χ0n) is 19.8. The summed E-state index contributed by atoms with van der Waals surface area (Å²) in [6.45, 7) is 5.95. The summed E-state index contributed by atoms with van der Waals surface area (Å²) in [6, 6.07) is 15.7. The first-order valence-electron chi connectivity index (χ1n) is 11.9. The predicted molar refractivity (Wildman–Crippen MR) is 130 cm³/mol. The number of anilines is 1. The van der Waals surface area contributed by atoms with Crippen LogP contribution in [0.25, 0.3) is 11.3 Å². The standard InChI is InChI=1S/C27H31N3O4/c1-19-6-5-7-21(16-19)25-23(27(34-28-25)29-12-14-33-15-13-29)18-30(17-20-10-11-20)26(31)22-8-3-4-9-24(22)32-2/h3-9,16,20H,10-15,17-18H2,1-2H3. The molecule has 1 amide bonds. The van der Waals surface area contributed by atoms with E-state index in [4.69, 9.17) is 14.0 Å². The molecule has 0 N–H and O–H groups in total. The highest BCUT2D eigenvalue weighted by Crippen LogP contribution is 2.36. The molecule has 1 saturated carbocycles. The van der Waals surface area contributed by atoms with Gasteiger partial charge in [-0.15, -0.1) is 0 Å². The van der Waals surface area contributed by atoms with Gasteiger partial charge in [0.1, 0.15) is 11.4 Å². The number of carbonyl (C=O) groups is 1. The number of aryl methyl sites for hydroxylation is 1. The van der Waals surface area contributed by atoms with Gasteiger partial charge in [0.15, 0.2) is 0 Å². The van der Waals surface area contributed by atoms with Crippen molar-refractivity contribution >= 4 is 11.8 Å². The van der Waals surface area contributed by atoms with Crippen LogP contribution >= 0.6 is 0 Å². The summed E-state index contributed by atoms with van der Waals surface area (Å²) in [6.07, 6.45) is 2.31. The Labute approximate surface area is 200 Å². The van der Waals surface area contributed by atoms with E-state index in [2.05, 4.69) is 29.1 Å². The van der Waals surface area contributed by atoms with Gasteiger partial charge in [-0.1, -0.05) is 41.1 Å². The monoisotopic (exact) mass is 461 g/mol. The molecule has 2 heterocycles. The smallest absolute Gasteiger partial charge is 0.257 e. The minimum atomic E-state index is -0.0336. The largest absolute Gasteiger partial charge is 0.496 e. The number of amides is 1. The normalized spacial score (nSPS) is 15.9. The first-order valence-corrected chi connectivity index (χ1v) is 11.9. The van der Waals surface area contributed by atoms with Crippen LogP contribution in [0.3, 0.4) is 0 Å². The lowest BCUT2D eigenvalue weighted by Gasteiger charge is -2.28. The summed E-state index contributed by atoms with van der Waals surface area (Å²) in [5, 5.41) is 4.50. The zero-order chi connectivity index (χ0) is 23.5. The lowest BCUT2D eigenvalue weighted by atomic mass is 10.0. The van der Waals surface area contributed by atoms with Crippen LogP contribution in [0, 0.1) is 12.8 Å². The van der Waals surface area contributed by atoms with Gasteiger partial charge in [-0.05, 0) is 43.9 Å². The Balaban J connectivity index is 1.54. The highest BCUT2D eigenvalue weighted by molar-refractivity contribution is 5.97. The second-order valence-corrected chi connectivity index (χ2v) is 9.11. The molecular formula is C27H31N3O4. The molecule has 2 aliphatic rings. The van der Waals surface area contributed by atoms with Crippen LogP contribution in [0.5, 0.6) is 5.75 Å². The van der Waals surface area contributed by atoms with Gasteiger partial charge in [0.25, 0.3) is 5.91 Å². The molecule has 0 bridgehead atoms. The first kappa shape index (κ1) is 22.5. The molecule has 1 aliphatic heterocycles. The highest BCUT2D eigenvalue weighted by Gasteiger charge is 2.32. The van der Waals surface area contributed by atoms with Gasteiger partial charge in [-0.2, -0.15) is 0 Å². The molecule has 3 aromatic rings. The van der Waals surface area contributed by atoms with Gasteiger partial charge >= 0.3 is 0 Å². The molecule has 0 unspecified atom stereocenters. The maximum absolute atomic E-state index is 13.8. The van der Waals surface area contributed by atoms with E-state index in [1.807, 2.05) is 41.3 Å². The maximum atomic E-state index is 13.8. The van der Waals surface area contributed by atoms with E-state index in [1.165, 1.54) is 0 Å². The number of nitrogens with zero attached hydrogens (tertiary/aromatic N) is 3. The molecule has 178 valence electrons. The van der Waals surface area contributed by atoms with Crippen molar-refractivity contribution in [3.8, 4) is 17.0 Å². The molecule has 34 heavy (non-hydrogen) atoms. The third-order valence-electron chi connectivity index (χ3n) is 6.51. The molecule has 5 rings (SSSR count). The second-order valence-electron chi connectivity index (χ2n) is 9.11. The van der Waals surface area contributed by atoms with Crippen LogP contribution in [-0.2, 0) is 11.3 Å². The molecule has 2 fully saturated rings. The van der Waals surface area contributed by atoms with Gasteiger partial charge in [0, 0.05) is 25.2 Å². The molecule has 0 atom stereocenters. The van der Waals surface area contributed by atoms with Crippen LogP contribution in [-0.4, -0.2) is 55.9 Å². The van der Waals surface area contributed by atoms with E-state index in [0.717, 1.165) is 54.2 Å². The second kappa shape index (κ2) is 9.89. The van der Waals surface area contributed by atoms with Crippen molar-refractivity contribution in [3.63, 3.8) is 0 Å². The Morgan fingerprint density at radius 1 is 1.15 bits per heavy atom. The summed E-state index contributed by atoms with van der Waals surface area (Å²) >= 11 is 0. The number of hydrogen-bond donors (Lipinski definition) is 0. The lowest BCUT2D eigenvalue weighted by molar-refractivity contribution is 0.0731. The van der Waals surface area contributed by atoms with Crippen LogP contribution in [0.15, 0.2) is 53.1 Å². The van der Waals surface area contributed by atoms with E-state index in [0.29, 0.717) is 43.5 Å². The van der Waals surface area contributed by atoms with Crippen molar-refractivity contribution < 1.29 is 18.8 Å². The Hall–Kier alpha value is -3.32. The van der Waals surface area contributed by atoms with E-state index in [9.17, 15) is 4.79 Å². The summed E-state index contributed by atoms with van der Waals surface area (Å²) < 4.78 is 17.0. The van der Waals surface area contributed by atoms with Crippen molar-refractivity contribution in [2.75, 3.05) is 44.9 Å².